The first-order chi connectivity index (χ1) is 13.4. The summed E-state index contributed by atoms with van der Waals surface area (Å²) in [5.74, 6) is 0.451. The molecule has 148 valence electrons. The highest BCUT2D eigenvalue weighted by Crippen LogP contribution is 2.30. The number of ether oxygens (including phenoxy) is 2. The lowest BCUT2D eigenvalue weighted by molar-refractivity contribution is -0.274. The molecule has 0 bridgehead atoms. The lowest BCUT2D eigenvalue weighted by Crippen LogP contribution is -2.17. The van der Waals surface area contributed by atoms with E-state index in [1.807, 2.05) is 30.3 Å². The molecule has 0 aliphatic carbocycles. The molecule has 0 aliphatic heterocycles. The molecule has 3 rings (SSSR count). The smallest absolute Gasteiger partial charge is 0.497 e. The topological polar surface area (TPSA) is 36.3 Å². The molecular formula is C21H21F3N2O2. The van der Waals surface area contributed by atoms with Crippen LogP contribution in [0, 0.1) is 0 Å². The third-order valence-corrected chi connectivity index (χ3v) is 4.23. The van der Waals surface area contributed by atoms with Crippen molar-refractivity contribution in [3.05, 3.63) is 60.3 Å². The van der Waals surface area contributed by atoms with E-state index in [2.05, 4.69) is 16.8 Å². The van der Waals surface area contributed by atoms with Gasteiger partial charge in [-0.3, -0.25) is 0 Å². The van der Waals surface area contributed by atoms with Crippen molar-refractivity contribution < 1.29 is 22.6 Å². The Bertz CT molecular complexity index is 918. The summed E-state index contributed by atoms with van der Waals surface area (Å²) in [5.41, 5.74) is 2.97. The number of hydrogen-bond donors (Lipinski definition) is 0. The van der Waals surface area contributed by atoms with E-state index in [9.17, 15) is 13.2 Å². The molecule has 1 aromatic heterocycles. The summed E-state index contributed by atoms with van der Waals surface area (Å²) in [5, 5.41) is 4.67. The lowest BCUT2D eigenvalue weighted by atomic mass is 10.1. The van der Waals surface area contributed by atoms with Crippen molar-refractivity contribution in [1.29, 1.82) is 0 Å². The Morgan fingerprint density at radius 1 is 1.00 bits per heavy atom. The molecular weight excluding hydrogens is 369 g/mol. The van der Waals surface area contributed by atoms with E-state index in [0.29, 0.717) is 17.0 Å². The number of halogens is 3. The minimum atomic E-state index is -4.73. The highest BCUT2D eigenvalue weighted by Gasteiger charge is 2.31. The van der Waals surface area contributed by atoms with E-state index in [1.165, 1.54) is 18.2 Å². The van der Waals surface area contributed by atoms with Crippen LogP contribution < -0.4 is 9.47 Å². The summed E-state index contributed by atoms with van der Waals surface area (Å²) in [6.45, 7) is 2.10. The number of aryl methyl sites for hydroxylation is 1. The van der Waals surface area contributed by atoms with E-state index < -0.39 is 6.36 Å². The Hall–Kier alpha value is -2.96. The van der Waals surface area contributed by atoms with Crippen LogP contribution in [0.5, 0.6) is 11.5 Å². The second-order valence-electron chi connectivity index (χ2n) is 6.31. The molecule has 4 nitrogen and oxygen atoms in total. The zero-order valence-corrected chi connectivity index (χ0v) is 15.7. The van der Waals surface area contributed by atoms with Gasteiger partial charge in [0.05, 0.1) is 24.2 Å². The van der Waals surface area contributed by atoms with Crippen LogP contribution in [0.15, 0.2) is 54.6 Å². The Balaban J connectivity index is 2.03. The van der Waals surface area contributed by atoms with E-state index in [4.69, 9.17) is 4.74 Å². The van der Waals surface area contributed by atoms with Gasteiger partial charge in [-0.1, -0.05) is 25.5 Å². The summed E-state index contributed by atoms with van der Waals surface area (Å²) in [6.07, 6.45) is -1.93. The summed E-state index contributed by atoms with van der Waals surface area (Å²) in [6, 6.07) is 15.2. The van der Waals surface area contributed by atoms with Crippen LogP contribution in [0.4, 0.5) is 13.2 Å². The number of nitrogens with zero attached hydrogens (tertiary/aromatic N) is 2. The van der Waals surface area contributed by atoms with Crippen LogP contribution in [0.3, 0.4) is 0 Å². The largest absolute Gasteiger partial charge is 0.573 e. The zero-order chi connectivity index (χ0) is 20.1. The van der Waals surface area contributed by atoms with E-state index in [1.54, 1.807) is 17.9 Å². The molecule has 0 radical (unpaired) electrons. The van der Waals surface area contributed by atoms with Crippen LogP contribution in [0.1, 0.15) is 25.5 Å². The fourth-order valence-electron chi connectivity index (χ4n) is 2.89. The molecule has 28 heavy (non-hydrogen) atoms. The summed E-state index contributed by atoms with van der Waals surface area (Å²) >= 11 is 0. The Kier molecular flexibility index (Phi) is 5.92. The van der Waals surface area contributed by atoms with Gasteiger partial charge in [0.1, 0.15) is 11.5 Å². The summed E-state index contributed by atoms with van der Waals surface area (Å²) in [7, 11) is 1.59. The summed E-state index contributed by atoms with van der Waals surface area (Å²) in [4.78, 5) is 0. The van der Waals surface area contributed by atoms with Crippen LogP contribution in [-0.4, -0.2) is 23.3 Å². The fraction of sp³-hybridized carbons (Fsp3) is 0.286. The normalized spacial score (nSPS) is 11.5. The molecule has 0 N–H and O–H groups in total. The van der Waals surface area contributed by atoms with Gasteiger partial charge in [0.15, 0.2) is 0 Å². The first-order valence-corrected chi connectivity index (χ1v) is 8.99. The predicted molar refractivity (Wildman–Crippen MR) is 101 cm³/mol. The number of hydrogen-bond acceptors (Lipinski definition) is 3. The maximum Gasteiger partial charge on any atom is 0.573 e. The summed E-state index contributed by atoms with van der Waals surface area (Å²) < 4.78 is 48.7. The van der Waals surface area contributed by atoms with Gasteiger partial charge in [-0.15, -0.1) is 13.2 Å². The third kappa shape index (κ3) is 4.85. The Labute approximate surface area is 161 Å². The number of aromatic nitrogens is 2. The van der Waals surface area contributed by atoms with Gasteiger partial charge in [-0.25, -0.2) is 4.68 Å². The second kappa shape index (κ2) is 8.37. The van der Waals surface area contributed by atoms with Gasteiger partial charge in [0, 0.05) is 5.56 Å². The number of methoxy groups -OCH3 is 1. The van der Waals surface area contributed by atoms with Crippen molar-refractivity contribution in [2.75, 3.05) is 7.11 Å². The molecule has 0 aliphatic rings. The average molecular weight is 390 g/mol. The first kappa shape index (κ1) is 19.8. The van der Waals surface area contributed by atoms with Crippen LogP contribution in [-0.2, 0) is 6.42 Å². The molecule has 0 saturated carbocycles. The SMILES string of the molecule is CCCCc1cc(-c2cccc(OC(F)(F)F)c2)n(-c2ccc(OC)cc2)n1. The second-order valence-corrected chi connectivity index (χ2v) is 6.31. The van der Waals surface area contributed by atoms with Gasteiger partial charge in [-0.2, -0.15) is 5.10 Å². The molecule has 3 aromatic rings. The Morgan fingerprint density at radius 2 is 1.75 bits per heavy atom. The maximum absolute atomic E-state index is 12.6. The van der Waals surface area contributed by atoms with Crippen LogP contribution in [0.25, 0.3) is 16.9 Å². The molecule has 0 fully saturated rings. The van der Waals surface area contributed by atoms with Crippen molar-refractivity contribution in [2.45, 2.75) is 32.5 Å². The van der Waals surface area contributed by atoms with Gasteiger partial charge < -0.3 is 9.47 Å². The van der Waals surface area contributed by atoms with Crippen LogP contribution >= 0.6 is 0 Å². The molecule has 0 saturated heterocycles. The van der Waals surface area contributed by atoms with Gasteiger partial charge in [-0.05, 0) is 55.3 Å². The third-order valence-electron chi connectivity index (χ3n) is 4.23. The first-order valence-electron chi connectivity index (χ1n) is 8.99. The van der Waals surface area contributed by atoms with Crippen molar-refractivity contribution >= 4 is 0 Å². The van der Waals surface area contributed by atoms with Crippen molar-refractivity contribution in [1.82, 2.24) is 9.78 Å². The zero-order valence-electron chi connectivity index (χ0n) is 15.7. The van der Waals surface area contributed by atoms with E-state index in [-0.39, 0.29) is 5.75 Å². The predicted octanol–water partition coefficient (Wildman–Crippen LogP) is 5.79. The van der Waals surface area contributed by atoms with Gasteiger partial charge >= 0.3 is 6.36 Å². The number of rotatable bonds is 7. The minimum absolute atomic E-state index is 0.261. The van der Waals surface area contributed by atoms with E-state index in [0.717, 1.165) is 30.6 Å². The molecule has 0 spiro atoms. The standard InChI is InChI=1S/C21H21F3N2O2/c1-3-4-7-16-14-20(15-6-5-8-19(13-15)28-21(22,23)24)26(25-16)17-9-11-18(27-2)12-10-17/h5-6,8-14H,3-4,7H2,1-2H3. The number of benzene rings is 2. The monoisotopic (exact) mass is 390 g/mol. The van der Waals surface area contributed by atoms with Gasteiger partial charge in [0.25, 0.3) is 0 Å². The average Bonchev–Trinajstić information content (AvgIpc) is 3.09. The highest BCUT2D eigenvalue weighted by molar-refractivity contribution is 5.64. The molecule has 1 heterocycles. The molecule has 2 aromatic carbocycles. The quantitative estimate of drug-likeness (QED) is 0.512. The van der Waals surface area contributed by atoms with Crippen molar-refractivity contribution in [3.63, 3.8) is 0 Å². The lowest BCUT2D eigenvalue weighted by Gasteiger charge is -2.11. The van der Waals surface area contributed by atoms with Crippen molar-refractivity contribution in [3.8, 4) is 28.4 Å². The van der Waals surface area contributed by atoms with E-state index >= 15 is 0 Å². The molecule has 0 unspecified atom stereocenters. The van der Waals surface area contributed by atoms with Crippen LogP contribution in [0.2, 0.25) is 0 Å². The molecule has 0 atom stereocenters. The Morgan fingerprint density at radius 3 is 2.39 bits per heavy atom. The molecule has 0 amide bonds. The highest BCUT2D eigenvalue weighted by atomic mass is 19.4. The van der Waals surface area contributed by atoms with Crippen molar-refractivity contribution in [2.24, 2.45) is 0 Å². The number of alkyl halides is 3. The fourth-order valence-corrected chi connectivity index (χ4v) is 2.89. The number of unbranched alkanes of at least 4 members (excludes halogenated alkanes) is 1. The minimum Gasteiger partial charge on any atom is -0.497 e. The molecule has 7 heteroatoms. The van der Waals surface area contributed by atoms with Gasteiger partial charge in [0.2, 0.25) is 0 Å². The maximum atomic E-state index is 12.6.